The van der Waals surface area contributed by atoms with E-state index in [4.69, 9.17) is 0 Å². The fourth-order valence-corrected chi connectivity index (χ4v) is 0.986. The highest BCUT2D eigenvalue weighted by Crippen LogP contribution is 2.04. The van der Waals surface area contributed by atoms with Gasteiger partial charge in [0.05, 0.1) is 0 Å². The first-order valence-electron chi connectivity index (χ1n) is 4.38. The SMILES string of the molecule is C=C.C=Cc1nc(C(=O)CC)cn1C. The van der Waals surface area contributed by atoms with Crippen LogP contribution < -0.4 is 0 Å². The Bertz CT molecular complexity index is 326. The zero-order valence-corrected chi connectivity index (χ0v) is 8.79. The molecule has 0 saturated carbocycles. The number of Topliss-reactive ketones (excluding diaryl/α,β-unsaturated/α-hetero) is 1. The van der Waals surface area contributed by atoms with Crippen LogP contribution in [0.2, 0.25) is 0 Å². The predicted octanol–water partition coefficient (Wildman–Crippen LogP) is 2.46. The molecule has 0 radical (unpaired) electrons. The average Bonchev–Trinajstić information content (AvgIpc) is 2.61. The van der Waals surface area contributed by atoms with Crippen LogP contribution in [0.25, 0.3) is 6.08 Å². The number of nitrogens with zero attached hydrogens (tertiary/aromatic N) is 2. The average molecular weight is 192 g/mol. The van der Waals surface area contributed by atoms with Crippen LogP contribution in [0.15, 0.2) is 25.9 Å². The van der Waals surface area contributed by atoms with Crippen molar-refractivity contribution < 1.29 is 4.79 Å². The van der Waals surface area contributed by atoms with Gasteiger partial charge in [0.1, 0.15) is 11.5 Å². The molecule has 0 N–H and O–H groups in total. The molecule has 0 amide bonds. The van der Waals surface area contributed by atoms with Crippen molar-refractivity contribution in [2.75, 3.05) is 0 Å². The van der Waals surface area contributed by atoms with Crippen LogP contribution in [-0.4, -0.2) is 15.3 Å². The molecule has 0 atom stereocenters. The van der Waals surface area contributed by atoms with Gasteiger partial charge in [-0.25, -0.2) is 4.98 Å². The molecule has 3 heteroatoms. The topological polar surface area (TPSA) is 34.9 Å². The Kier molecular flexibility index (Phi) is 5.22. The number of ketones is 1. The van der Waals surface area contributed by atoms with E-state index in [0.717, 1.165) is 5.82 Å². The van der Waals surface area contributed by atoms with Crippen molar-refractivity contribution in [2.45, 2.75) is 13.3 Å². The van der Waals surface area contributed by atoms with Gasteiger partial charge < -0.3 is 4.57 Å². The van der Waals surface area contributed by atoms with Gasteiger partial charge in [-0.3, -0.25) is 4.79 Å². The Labute approximate surface area is 84.8 Å². The first-order chi connectivity index (χ1) is 6.69. The van der Waals surface area contributed by atoms with Crippen molar-refractivity contribution >= 4 is 11.9 Å². The Morgan fingerprint density at radius 3 is 2.57 bits per heavy atom. The van der Waals surface area contributed by atoms with Crippen molar-refractivity contribution in [1.29, 1.82) is 0 Å². The van der Waals surface area contributed by atoms with E-state index in [1.165, 1.54) is 0 Å². The normalized spacial score (nSPS) is 8.71. The summed E-state index contributed by atoms with van der Waals surface area (Å²) in [7, 11) is 1.84. The first kappa shape index (κ1) is 12.4. The molecule has 1 heterocycles. The quantitative estimate of drug-likeness (QED) is 0.544. The molecule has 1 rings (SSSR count). The molecular formula is C11H16N2O. The van der Waals surface area contributed by atoms with Gasteiger partial charge in [-0.1, -0.05) is 13.5 Å². The van der Waals surface area contributed by atoms with Crippen LogP contribution in [-0.2, 0) is 7.05 Å². The number of rotatable bonds is 3. The van der Waals surface area contributed by atoms with Crippen LogP contribution >= 0.6 is 0 Å². The molecule has 0 aliphatic rings. The minimum absolute atomic E-state index is 0.0682. The van der Waals surface area contributed by atoms with Crippen molar-refractivity contribution in [3.05, 3.63) is 37.5 Å². The van der Waals surface area contributed by atoms with Crippen molar-refractivity contribution in [3.8, 4) is 0 Å². The van der Waals surface area contributed by atoms with Crippen molar-refractivity contribution in [2.24, 2.45) is 7.05 Å². The van der Waals surface area contributed by atoms with E-state index in [0.29, 0.717) is 12.1 Å². The van der Waals surface area contributed by atoms with E-state index in [2.05, 4.69) is 24.7 Å². The van der Waals surface area contributed by atoms with E-state index in [1.807, 2.05) is 14.0 Å². The molecule has 0 fully saturated rings. The molecule has 3 nitrogen and oxygen atoms in total. The smallest absolute Gasteiger partial charge is 0.182 e. The molecule has 1 aromatic rings. The zero-order chi connectivity index (χ0) is 11.1. The molecule has 0 bridgehead atoms. The summed E-state index contributed by atoms with van der Waals surface area (Å²) in [6.07, 6.45) is 3.85. The lowest BCUT2D eigenvalue weighted by atomic mass is 10.2. The maximum atomic E-state index is 11.2. The second-order valence-electron chi connectivity index (χ2n) is 2.58. The van der Waals surface area contributed by atoms with Gasteiger partial charge in [0.2, 0.25) is 0 Å². The highest BCUT2D eigenvalue weighted by Gasteiger charge is 2.08. The fourth-order valence-electron chi connectivity index (χ4n) is 0.986. The Morgan fingerprint density at radius 2 is 2.21 bits per heavy atom. The summed E-state index contributed by atoms with van der Waals surface area (Å²) in [6.45, 7) is 11.4. The first-order valence-corrected chi connectivity index (χ1v) is 4.38. The summed E-state index contributed by atoms with van der Waals surface area (Å²) < 4.78 is 1.79. The molecule has 0 aliphatic heterocycles. The maximum absolute atomic E-state index is 11.2. The van der Waals surface area contributed by atoms with Crippen LogP contribution in [0.5, 0.6) is 0 Å². The summed E-state index contributed by atoms with van der Waals surface area (Å²) in [5, 5.41) is 0. The number of aromatic nitrogens is 2. The lowest BCUT2D eigenvalue weighted by Crippen LogP contribution is -1.95. The predicted molar refractivity (Wildman–Crippen MR) is 59.2 cm³/mol. The largest absolute Gasteiger partial charge is 0.334 e. The minimum Gasteiger partial charge on any atom is -0.334 e. The molecule has 0 unspecified atom stereocenters. The summed E-state index contributed by atoms with van der Waals surface area (Å²) in [5.74, 6) is 0.797. The van der Waals surface area contributed by atoms with E-state index in [9.17, 15) is 4.79 Å². The molecule has 0 spiro atoms. The standard InChI is InChI=1S/C9H12N2O.C2H4/c1-4-8(12)7-6-11(3)9(5-2)10-7;1-2/h5-6H,2,4H2,1,3H3;1-2H2. The zero-order valence-electron chi connectivity index (χ0n) is 8.79. The number of carbonyl (C=O) groups excluding carboxylic acids is 1. The maximum Gasteiger partial charge on any atom is 0.182 e. The highest BCUT2D eigenvalue weighted by atomic mass is 16.1. The van der Waals surface area contributed by atoms with Crippen LogP contribution in [0.4, 0.5) is 0 Å². The second-order valence-corrected chi connectivity index (χ2v) is 2.58. The molecule has 76 valence electrons. The van der Waals surface area contributed by atoms with Crippen molar-refractivity contribution in [3.63, 3.8) is 0 Å². The summed E-state index contributed by atoms with van der Waals surface area (Å²) in [5.41, 5.74) is 0.523. The number of carbonyl (C=O) groups is 1. The molecule has 0 aromatic carbocycles. The highest BCUT2D eigenvalue weighted by molar-refractivity contribution is 5.94. The van der Waals surface area contributed by atoms with Gasteiger partial charge in [0.25, 0.3) is 0 Å². The lowest BCUT2D eigenvalue weighted by Gasteiger charge is -1.89. The Morgan fingerprint density at radius 1 is 1.64 bits per heavy atom. The van der Waals surface area contributed by atoms with Crippen LogP contribution in [0.1, 0.15) is 29.7 Å². The van der Waals surface area contributed by atoms with Gasteiger partial charge in [0, 0.05) is 19.7 Å². The Hall–Kier alpha value is -1.64. The number of imidazole rings is 1. The third-order valence-corrected chi connectivity index (χ3v) is 1.70. The Balaban J connectivity index is 0.000000791. The van der Waals surface area contributed by atoms with E-state index in [1.54, 1.807) is 16.8 Å². The third-order valence-electron chi connectivity index (χ3n) is 1.70. The number of hydrogen-bond donors (Lipinski definition) is 0. The minimum atomic E-state index is 0.0682. The summed E-state index contributed by atoms with van der Waals surface area (Å²) >= 11 is 0. The molecular weight excluding hydrogens is 176 g/mol. The van der Waals surface area contributed by atoms with Gasteiger partial charge in [0.15, 0.2) is 5.78 Å². The van der Waals surface area contributed by atoms with E-state index >= 15 is 0 Å². The van der Waals surface area contributed by atoms with Crippen molar-refractivity contribution in [1.82, 2.24) is 9.55 Å². The molecule has 0 aliphatic carbocycles. The molecule has 1 aromatic heterocycles. The van der Waals surface area contributed by atoms with E-state index in [-0.39, 0.29) is 5.78 Å². The summed E-state index contributed by atoms with van der Waals surface area (Å²) in [4.78, 5) is 15.3. The van der Waals surface area contributed by atoms with Gasteiger partial charge in [-0.05, 0) is 6.08 Å². The third kappa shape index (κ3) is 2.69. The summed E-state index contributed by atoms with van der Waals surface area (Å²) in [6, 6.07) is 0. The van der Waals surface area contributed by atoms with Gasteiger partial charge in [-0.2, -0.15) is 0 Å². The lowest BCUT2D eigenvalue weighted by molar-refractivity contribution is 0.0983. The van der Waals surface area contributed by atoms with Gasteiger partial charge >= 0.3 is 0 Å². The van der Waals surface area contributed by atoms with Gasteiger partial charge in [-0.15, -0.1) is 13.2 Å². The van der Waals surface area contributed by atoms with E-state index < -0.39 is 0 Å². The molecule has 0 saturated heterocycles. The second kappa shape index (κ2) is 5.91. The molecule has 14 heavy (non-hydrogen) atoms. The van der Waals surface area contributed by atoms with Crippen LogP contribution in [0.3, 0.4) is 0 Å². The number of aryl methyl sites for hydroxylation is 1. The fraction of sp³-hybridized carbons (Fsp3) is 0.273. The monoisotopic (exact) mass is 192 g/mol. The number of hydrogen-bond acceptors (Lipinski definition) is 2. The van der Waals surface area contributed by atoms with Crippen LogP contribution in [0, 0.1) is 0 Å².